The van der Waals surface area contributed by atoms with Crippen molar-refractivity contribution in [3.05, 3.63) is 36.3 Å². The fourth-order valence-electron chi connectivity index (χ4n) is 3.73. The first-order valence-electron chi connectivity index (χ1n) is 9.34. The fourth-order valence-corrected chi connectivity index (χ4v) is 3.73. The molecule has 0 unspecified atom stereocenters. The summed E-state index contributed by atoms with van der Waals surface area (Å²) < 4.78 is 2.23. The third-order valence-corrected chi connectivity index (χ3v) is 5.68. The topological polar surface area (TPSA) is 84.7 Å². The molecule has 2 aromatic heterocycles. The Morgan fingerprint density at radius 2 is 2.12 bits per heavy atom. The van der Waals surface area contributed by atoms with Gasteiger partial charge in [-0.15, -0.1) is 0 Å². The van der Waals surface area contributed by atoms with Crippen molar-refractivity contribution in [2.24, 2.45) is 5.41 Å². The number of imidazole rings is 1. The van der Waals surface area contributed by atoms with Gasteiger partial charge in [-0.2, -0.15) is 0 Å². The maximum atomic E-state index is 11.1. The van der Waals surface area contributed by atoms with Crippen LogP contribution in [0.15, 0.2) is 24.8 Å². The van der Waals surface area contributed by atoms with Gasteiger partial charge in [0, 0.05) is 61.5 Å². The summed E-state index contributed by atoms with van der Waals surface area (Å²) >= 11 is 0. The SMILES string of the molecule is CC(=O)NC1CC(c2cc(NCC3(Cn4ccnc4C)CC3)ncn2)C1. The minimum absolute atomic E-state index is 0.0429. The van der Waals surface area contributed by atoms with Crippen LogP contribution in [-0.2, 0) is 11.3 Å². The molecule has 7 nitrogen and oxygen atoms in total. The zero-order valence-corrected chi connectivity index (χ0v) is 15.4. The summed E-state index contributed by atoms with van der Waals surface area (Å²) in [4.78, 5) is 24.2. The van der Waals surface area contributed by atoms with E-state index >= 15 is 0 Å². The lowest BCUT2D eigenvalue weighted by molar-refractivity contribution is -0.120. The second-order valence-corrected chi connectivity index (χ2v) is 7.85. The van der Waals surface area contributed by atoms with Crippen molar-refractivity contribution in [3.8, 4) is 0 Å². The molecule has 2 aliphatic rings. The number of hydrogen-bond acceptors (Lipinski definition) is 5. The van der Waals surface area contributed by atoms with Gasteiger partial charge in [-0.3, -0.25) is 4.79 Å². The molecule has 2 aromatic rings. The first-order valence-corrected chi connectivity index (χ1v) is 9.34. The van der Waals surface area contributed by atoms with E-state index < -0.39 is 0 Å². The lowest BCUT2D eigenvalue weighted by atomic mass is 9.78. The highest BCUT2D eigenvalue weighted by Gasteiger charge is 2.43. The van der Waals surface area contributed by atoms with Gasteiger partial charge in [-0.05, 0) is 32.6 Å². The number of nitrogens with one attached hydrogen (secondary N) is 2. The van der Waals surface area contributed by atoms with E-state index in [2.05, 4.69) is 42.4 Å². The van der Waals surface area contributed by atoms with Crippen LogP contribution in [0.5, 0.6) is 0 Å². The van der Waals surface area contributed by atoms with E-state index in [0.717, 1.165) is 43.3 Å². The third kappa shape index (κ3) is 3.71. The van der Waals surface area contributed by atoms with Gasteiger partial charge in [0.15, 0.2) is 0 Å². The lowest BCUT2D eigenvalue weighted by Crippen LogP contribution is -2.42. The van der Waals surface area contributed by atoms with Gasteiger partial charge in [-0.1, -0.05) is 0 Å². The zero-order valence-electron chi connectivity index (χ0n) is 15.4. The van der Waals surface area contributed by atoms with Gasteiger partial charge < -0.3 is 15.2 Å². The highest BCUT2D eigenvalue weighted by Crippen LogP contribution is 2.47. The van der Waals surface area contributed by atoms with E-state index in [9.17, 15) is 4.79 Å². The summed E-state index contributed by atoms with van der Waals surface area (Å²) in [5.74, 6) is 2.42. The van der Waals surface area contributed by atoms with E-state index in [4.69, 9.17) is 0 Å². The van der Waals surface area contributed by atoms with Crippen molar-refractivity contribution in [1.82, 2.24) is 24.8 Å². The molecule has 0 saturated heterocycles. The summed E-state index contributed by atoms with van der Waals surface area (Å²) in [6, 6.07) is 2.35. The molecule has 0 atom stereocenters. The standard InChI is InChI=1S/C19H26N6O/c1-13-20-5-6-25(13)11-19(3-4-19)10-21-18-9-17(22-12-23-18)15-7-16(8-15)24-14(2)26/h5-6,9,12,15-16H,3-4,7-8,10-11H2,1-2H3,(H,24,26)(H,21,22,23). The number of carbonyl (C=O) groups excluding carboxylic acids is 1. The predicted octanol–water partition coefficient (Wildman–Crippen LogP) is 2.26. The van der Waals surface area contributed by atoms with Crippen LogP contribution in [0.4, 0.5) is 5.82 Å². The Bertz CT molecular complexity index is 791. The molecule has 138 valence electrons. The second-order valence-electron chi connectivity index (χ2n) is 7.85. The Labute approximate surface area is 153 Å². The molecular formula is C19H26N6O. The van der Waals surface area contributed by atoms with E-state index in [1.165, 1.54) is 12.8 Å². The molecule has 2 heterocycles. The molecule has 2 N–H and O–H groups in total. The van der Waals surface area contributed by atoms with Crippen LogP contribution >= 0.6 is 0 Å². The summed E-state index contributed by atoms with van der Waals surface area (Å²) in [6.45, 7) is 5.54. The quantitative estimate of drug-likeness (QED) is 0.797. The molecule has 2 aliphatic carbocycles. The predicted molar refractivity (Wildman–Crippen MR) is 98.7 cm³/mol. The Balaban J connectivity index is 1.32. The Kier molecular flexibility index (Phi) is 4.38. The van der Waals surface area contributed by atoms with Gasteiger partial charge in [0.25, 0.3) is 0 Å². The average molecular weight is 354 g/mol. The first kappa shape index (κ1) is 17.0. The van der Waals surface area contributed by atoms with Crippen LogP contribution in [0.2, 0.25) is 0 Å². The van der Waals surface area contributed by atoms with Gasteiger partial charge >= 0.3 is 0 Å². The molecule has 0 radical (unpaired) electrons. The number of rotatable bonds is 7. The van der Waals surface area contributed by atoms with Gasteiger partial charge in [-0.25, -0.2) is 15.0 Å². The van der Waals surface area contributed by atoms with E-state index in [1.54, 1.807) is 13.3 Å². The fraction of sp³-hybridized carbons (Fsp3) is 0.579. The number of anilines is 1. The molecule has 26 heavy (non-hydrogen) atoms. The van der Waals surface area contributed by atoms with Gasteiger partial charge in [0.1, 0.15) is 18.0 Å². The number of hydrogen-bond donors (Lipinski definition) is 2. The molecule has 2 fully saturated rings. The summed E-state index contributed by atoms with van der Waals surface area (Å²) in [5.41, 5.74) is 1.38. The maximum absolute atomic E-state index is 11.1. The largest absolute Gasteiger partial charge is 0.369 e. The second kappa shape index (κ2) is 6.70. The van der Waals surface area contributed by atoms with E-state index in [1.807, 2.05) is 13.1 Å². The monoisotopic (exact) mass is 354 g/mol. The minimum Gasteiger partial charge on any atom is -0.369 e. The molecule has 0 spiro atoms. The summed E-state index contributed by atoms with van der Waals surface area (Å²) in [7, 11) is 0. The first-order chi connectivity index (χ1) is 12.5. The number of aryl methyl sites for hydroxylation is 1. The number of carbonyl (C=O) groups is 1. The highest BCUT2D eigenvalue weighted by molar-refractivity contribution is 5.73. The normalized spacial score (nSPS) is 23.2. The molecule has 0 aromatic carbocycles. The molecule has 0 bridgehead atoms. The Morgan fingerprint density at radius 3 is 2.77 bits per heavy atom. The number of aromatic nitrogens is 4. The van der Waals surface area contributed by atoms with E-state index in [-0.39, 0.29) is 11.9 Å². The number of nitrogens with zero attached hydrogens (tertiary/aromatic N) is 4. The van der Waals surface area contributed by atoms with Crippen LogP contribution in [0, 0.1) is 12.3 Å². The van der Waals surface area contributed by atoms with Crippen molar-refractivity contribution in [1.29, 1.82) is 0 Å². The molecule has 7 heteroatoms. The van der Waals surface area contributed by atoms with Gasteiger partial charge in [0.2, 0.25) is 5.91 Å². The molecule has 4 rings (SSSR count). The minimum atomic E-state index is 0.0429. The smallest absolute Gasteiger partial charge is 0.217 e. The van der Waals surface area contributed by atoms with Crippen molar-refractivity contribution in [2.45, 2.75) is 58.0 Å². The zero-order chi connectivity index (χ0) is 18.1. The van der Waals surface area contributed by atoms with Crippen LogP contribution in [0.3, 0.4) is 0 Å². The molecule has 1 amide bonds. The van der Waals surface area contributed by atoms with Crippen molar-refractivity contribution in [2.75, 3.05) is 11.9 Å². The highest BCUT2D eigenvalue weighted by atomic mass is 16.1. The van der Waals surface area contributed by atoms with Gasteiger partial charge in [0.05, 0.1) is 0 Å². The molecule has 0 aliphatic heterocycles. The van der Waals surface area contributed by atoms with E-state index in [0.29, 0.717) is 11.3 Å². The van der Waals surface area contributed by atoms with Crippen LogP contribution in [-0.4, -0.2) is 38.0 Å². The van der Waals surface area contributed by atoms with Crippen molar-refractivity contribution < 1.29 is 4.79 Å². The van der Waals surface area contributed by atoms with Crippen LogP contribution in [0.1, 0.15) is 50.0 Å². The Morgan fingerprint density at radius 1 is 1.31 bits per heavy atom. The molecular weight excluding hydrogens is 328 g/mol. The lowest BCUT2D eigenvalue weighted by Gasteiger charge is -2.35. The molecule has 2 saturated carbocycles. The number of amides is 1. The van der Waals surface area contributed by atoms with Crippen molar-refractivity contribution in [3.63, 3.8) is 0 Å². The maximum Gasteiger partial charge on any atom is 0.217 e. The average Bonchev–Trinajstić information content (AvgIpc) is 3.24. The van der Waals surface area contributed by atoms with Crippen LogP contribution < -0.4 is 10.6 Å². The van der Waals surface area contributed by atoms with Crippen molar-refractivity contribution >= 4 is 11.7 Å². The van der Waals surface area contributed by atoms with Crippen LogP contribution in [0.25, 0.3) is 0 Å². The Hall–Kier alpha value is -2.44. The summed E-state index contributed by atoms with van der Waals surface area (Å²) in [6.07, 6.45) is 9.94. The third-order valence-electron chi connectivity index (χ3n) is 5.68. The summed E-state index contributed by atoms with van der Waals surface area (Å²) in [5, 5.41) is 6.48.